The fraction of sp³-hybridized carbons (Fsp3) is 0.238. The minimum atomic E-state index is -0.960. The second-order valence-corrected chi connectivity index (χ2v) is 7.19. The van der Waals surface area contributed by atoms with Gasteiger partial charge in [0.25, 0.3) is 0 Å². The minimum absolute atomic E-state index is 0.229. The summed E-state index contributed by atoms with van der Waals surface area (Å²) in [6.07, 6.45) is 7.68. The lowest BCUT2D eigenvalue weighted by Crippen LogP contribution is -2.19. The summed E-state index contributed by atoms with van der Waals surface area (Å²) < 4.78 is 9.17. The van der Waals surface area contributed by atoms with Gasteiger partial charge in [0.1, 0.15) is 0 Å². The maximum atomic E-state index is 11.0. The molecule has 152 valence electrons. The van der Waals surface area contributed by atoms with Crippen molar-refractivity contribution in [3.8, 4) is 11.1 Å². The topological polar surface area (TPSA) is 107 Å². The number of rotatable bonds is 5. The highest BCUT2D eigenvalue weighted by atomic mass is 16.5. The van der Waals surface area contributed by atoms with Gasteiger partial charge in [0.05, 0.1) is 17.8 Å². The molecular formula is C21H20N6O3. The lowest BCUT2D eigenvalue weighted by atomic mass is 10.1. The van der Waals surface area contributed by atoms with Gasteiger partial charge in [-0.25, -0.2) is 9.31 Å². The van der Waals surface area contributed by atoms with E-state index in [1.807, 2.05) is 29.2 Å². The summed E-state index contributed by atoms with van der Waals surface area (Å²) in [5, 5.41) is 21.2. The van der Waals surface area contributed by atoms with E-state index in [4.69, 9.17) is 9.84 Å². The van der Waals surface area contributed by atoms with E-state index in [9.17, 15) is 4.79 Å². The number of benzene rings is 1. The Hall–Kier alpha value is -3.72. The number of anilines is 2. The van der Waals surface area contributed by atoms with Gasteiger partial charge in [0.2, 0.25) is 5.95 Å². The van der Waals surface area contributed by atoms with Crippen LogP contribution >= 0.6 is 0 Å². The van der Waals surface area contributed by atoms with Crippen molar-refractivity contribution in [2.45, 2.75) is 18.9 Å². The molecule has 9 heteroatoms. The van der Waals surface area contributed by atoms with Crippen molar-refractivity contribution < 1.29 is 14.6 Å². The molecule has 0 spiro atoms. The third-order valence-electron chi connectivity index (χ3n) is 5.23. The number of hydrogen-bond acceptors (Lipinski definition) is 6. The van der Waals surface area contributed by atoms with E-state index in [0.717, 1.165) is 37.2 Å². The van der Waals surface area contributed by atoms with Gasteiger partial charge in [0.15, 0.2) is 5.65 Å². The first-order valence-corrected chi connectivity index (χ1v) is 9.75. The Morgan fingerprint density at radius 3 is 2.73 bits per heavy atom. The molecule has 5 rings (SSSR count). The van der Waals surface area contributed by atoms with Crippen molar-refractivity contribution in [2.75, 3.05) is 18.5 Å². The van der Waals surface area contributed by atoms with Crippen LogP contribution in [-0.2, 0) is 4.74 Å². The summed E-state index contributed by atoms with van der Waals surface area (Å²) in [6, 6.07) is 10.7. The second-order valence-electron chi connectivity index (χ2n) is 7.19. The highest BCUT2D eigenvalue weighted by molar-refractivity contribution is 5.88. The standard InChI is InChI=1S/C21H20N6O3/c28-20(29)14-3-5-16(6-4-14)23-21-24-19-18(2-1-9-26(19)25-21)15-12-22-27(13-15)17-7-10-30-11-8-17/h1-6,9,12-13,17H,7-8,10-11H2,(H,23,25)(H,28,29). The van der Waals surface area contributed by atoms with E-state index >= 15 is 0 Å². The van der Waals surface area contributed by atoms with Gasteiger partial charge in [-0.2, -0.15) is 10.1 Å². The molecule has 4 aromatic rings. The van der Waals surface area contributed by atoms with E-state index < -0.39 is 5.97 Å². The van der Waals surface area contributed by atoms with Crippen LogP contribution in [0, 0.1) is 0 Å². The van der Waals surface area contributed by atoms with Crippen LogP contribution in [0.2, 0.25) is 0 Å². The number of carboxylic acids is 1. The Morgan fingerprint density at radius 1 is 1.17 bits per heavy atom. The quantitative estimate of drug-likeness (QED) is 0.525. The summed E-state index contributed by atoms with van der Waals surface area (Å²) in [6.45, 7) is 1.53. The Labute approximate surface area is 171 Å². The van der Waals surface area contributed by atoms with Crippen LogP contribution in [0.15, 0.2) is 55.0 Å². The summed E-state index contributed by atoms with van der Waals surface area (Å²) in [7, 11) is 0. The molecule has 30 heavy (non-hydrogen) atoms. The average Bonchev–Trinajstić information content (AvgIpc) is 3.41. The predicted octanol–water partition coefficient (Wildman–Crippen LogP) is 3.39. The monoisotopic (exact) mass is 404 g/mol. The molecule has 0 bridgehead atoms. The lowest BCUT2D eigenvalue weighted by Gasteiger charge is -2.22. The Kier molecular flexibility index (Phi) is 4.64. The average molecular weight is 404 g/mol. The number of carbonyl (C=O) groups is 1. The number of fused-ring (bicyclic) bond motifs is 1. The van der Waals surface area contributed by atoms with E-state index in [0.29, 0.717) is 23.3 Å². The van der Waals surface area contributed by atoms with Gasteiger partial charge >= 0.3 is 5.97 Å². The number of aromatic nitrogens is 5. The second kappa shape index (κ2) is 7.60. The number of aromatic carboxylic acids is 1. The van der Waals surface area contributed by atoms with Gasteiger partial charge in [-0.3, -0.25) is 4.68 Å². The predicted molar refractivity (Wildman–Crippen MR) is 110 cm³/mol. The third-order valence-corrected chi connectivity index (χ3v) is 5.23. The summed E-state index contributed by atoms with van der Waals surface area (Å²) in [4.78, 5) is 15.6. The lowest BCUT2D eigenvalue weighted by molar-refractivity contribution is 0.0662. The molecule has 1 aromatic carbocycles. The molecule has 1 aliphatic rings. The molecule has 2 N–H and O–H groups in total. The van der Waals surface area contributed by atoms with Crippen molar-refractivity contribution in [1.82, 2.24) is 24.4 Å². The third kappa shape index (κ3) is 3.50. The van der Waals surface area contributed by atoms with Crippen molar-refractivity contribution in [2.24, 2.45) is 0 Å². The van der Waals surface area contributed by atoms with E-state index in [1.54, 1.807) is 16.6 Å². The van der Waals surface area contributed by atoms with Crippen LogP contribution in [0.5, 0.6) is 0 Å². The Balaban J connectivity index is 1.42. The first-order valence-electron chi connectivity index (χ1n) is 9.75. The van der Waals surface area contributed by atoms with Crippen LogP contribution in [-0.4, -0.2) is 48.7 Å². The Bertz CT molecular complexity index is 1190. The van der Waals surface area contributed by atoms with Gasteiger partial charge in [-0.1, -0.05) is 0 Å². The first kappa shape index (κ1) is 18.3. The van der Waals surface area contributed by atoms with Crippen molar-refractivity contribution in [3.63, 3.8) is 0 Å². The highest BCUT2D eigenvalue weighted by Gasteiger charge is 2.18. The number of ether oxygens (including phenoxy) is 1. The zero-order valence-electron chi connectivity index (χ0n) is 16.1. The van der Waals surface area contributed by atoms with Crippen LogP contribution in [0.3, 0.4) is 0 Å². The largest absolute Gasteiger partial charge is 0.478 e. The van der Waals surface area contributed by atoms with Gasteiger partial charge in [-0.05, 0) is 49.2 Å². The number of pyridine rings is 1. The molecule has 0 aliphatic carbocycles. The van der Waals surface area contributed by atoms with Crippen molar-refractivity contribution >= 4 is 23.3 Å². The molecule has 0 radical (unpaired) electrons. The SMILES string of the molecule is O=C(O)c1ccc(Nc2nc3c(-c4cnn(C5CCOCC5)c4)cccn3n2)cc1. The maximum absolute atomic E-state index is 11.0. The van der Waals surface area contributed by atoms with Crippen LogP contribution in [0.25, 0.3) is 16.8 Å². The van der Waals surface area contributed by atoms with Crippen LogP contribution < -0.4 is 5.32 Å². The van der Waals surface area contributed by atoms with E-state index in [-0.39, 0.29) is 5.56 Å². The van der Waals surface area contributed by atoms with Crippen molar-refractivity contribution in [1.29, 1.82) is 0 Å². The van der Waals surface area contributed by atoms with Crippen LogP contribution in [0.1, 0.15) is 29.2 Å². The molecule has 0 unspecified atom stereocenters. The van der Waals surface area contributed by atoms with E-state index in [1.165, 1.54) is 12.1 Å². The van der Waals surface area contributed by atoms with Gasteiger partial charge in [0, 0.05) is 42.4 Å². The summed E-state index contributed by atoms with van der Waals surface area (Å²) in [5.74, 6) is -0.527. The van der Waals surface area contributed by atoms with Crippen molar-refractivity contribution in [3.05, 3.63) is 60.6 Å². The molecule has 0 atom stereocenters. The number of carboxylic acid groups (broad SMARTS) is 1. The normalized spacial score (nSPS) is 14.8. The molecule has 3 aromatic heterocycles. The Morgan fingerprint density at radius 2 is 1.97 bits per heavy atom. The summed E-state index contributed by atoms with van der Waals surface area (Å²) >= 11 is 0. The molecular weight excluding hydrogens is 384 g/mol. The zero-order valence-corrected chi connectivity index (χ0v) is 16.1. The fourth-order valence-electron chi connectivity index (χ4n) is 3.64. The fourth-order valence-corrected chi connectivity index (χ4v) is 3.64. The van der Waals surface area contributed by atoms with E-state index in [2.05, 4.69) is 26.7 Å². The van der Waals surface area contributed by atoms with Crippen LogP contribution in [0.4, 0.5) is 11.6 Å². The minimum Gasteiger partial charge on any atom is -0.478 e. The number of nitrogens with one attached hydrogen (secondary N) is 1. The number of hydrogen-bond donors (Lipinski definition) is 2. The first-order chi connectivity index (χ1) is 14.7. The smallest absolute Gasteiger partial charge is 0.335 e. The highest BCUT2D eigenvalue weighted by Crippen LogP contribution is 2.27. The van der Waals surface area contributed by atoms with Gasteiger partial charge in [-0.15, -0.1) is 5.10 Å². The molecule has 9 nitrogen and oxygen atoms in total. The number of nitrogens with zero attached hydrogens (tertiary/aromatic N) is 5. The molecule has 1 aliphatic heterocycles. The molecule has 0 saturated carbocycles. The molecule has 1 saturated heterocycles. The zero-order chi connectivity index (χ0) is 20.5. The maximum Gasteiger partial charge on any atom is 0.335 e. The molecule has 1 fully saturated rings. The van der Waals surface area contributed by atoms with Gasteiger partial charge < -0.3 is 15.2 Å². The summed E-state index contributed by atoms with van der Waals surface area (Å²) in [5.41, 5.74) is 3.58. The molecule has 4 heterocycles. The molecule has 0 amide bonds.